The maximum absolute atomic E-state index is 14.0. The highest BCUT2D eigenvalue weighted by Crippen LogP contribution is 2.31. The van der Waals surface area contributed by atoms with Crippen molar-refractivity contribution in [3.05, 3.63) is 88.0 Å². The Labute approximate surface area is 238 Å². The summed E-state index contributed by atoms with van der Waals surface area (Å²) in [6.07, 6.45) is -0.497. The van der Waals surface area contributed by atoms with Crippen LogP contribution in [0.4, 0.5) is 0 Å². The number of β-amino-alcohol motifs (C(OH)–C–C–N with tert-alkyl or cyclic N) is 1. The molecule has 1 fully saturated rings. The van der Waals surface area contributed by atoms with Gasteiger partial charge in [0.1, 0.15) is 6.04 Å². The molecule has 1 saturated heterocycles. The Kier molecular flexibility index (Phi) is 7.96. The first-order valence-electron chi connectivity index (χ1n) is 13.3. The monoisotopic (exact) mass is 556 g/mol. The van der Waals surface area contributed by atoms with Crippen molar-refractivity contribution in [3.63, 3.8) is 0 Å². The number of nitrogens with one attached hydrogen (secondary N) is 1. The SMILES string of the molecule is [C-]#[N+]NC(=NCc1ccc(-c2scnc2C)cc1)C1C[C@@H](O)CN1C(=O)[C@H](C(C)C)N1Cc2ccccc2C1=O. The fourth-order valence-corrected chi connectivity index (χ4v) is 6.37. The molecule has 206 valence electrons. The number of thiazole rings is 1. The topological polar surface area (TPSA) is 102 Å². The molecular weight excluding hydrogens is 524 g/mol. The number of benzene rings is 2. The normalized spacial score (nSPS) is 19.6. The minimum atomic E-state index is -0.757. The molecule has 2 amide bonds. The van der Waals surface area contributed by atoms with Gasteiger partial charge in [0.15, 0.2) is 5.84 Å². The second kappa shape index (κ2) is 11.6. The third-order valence-corrected chi connectivity index (χ3v) is 8.49. The largest absolute Gasteiger partial charge is 0.391 e. The van der Waals surface area contributed by atoms with Crippen LogP contribution >= 0.6 is 11.3 Å². The highest BCUT2D eigenvalue weighted by atomic mass is 32.1. The standard InChI is InChI=1S/C30H32N6O3S/c1-18(2)26(36-15-22-7-5-6-8-24(22)29(36)38)30(39)35-16-23(37)13-25(35)28(34-31-4)32-14-20-9-11-21(12-10-20)27-19(3)33-17-40-27/h5-12,17-18,23,25-26,37H,13-16H2,1-3H3,(H,32,34)/t23-,25?,26+/m1/s1. The highest BCUT2D eigenvalue weighted by molar-refractivity contribution is 7.13. The van der Waals surface area contributed by atoms with Crippen LogP contribution < -0.4 is 5.43 Å². The number of carbonyl (C=O) groups is 2. The van der Waals surface area contributed by atoms with Gasteiger partial charge in [-0.1, -0.05) is 61.7 Å². The number of carbonyl (C=O) groups excluding carboxylic acids is 2. The van der Waals surface area contributed by atoms with Crippen LogP contribution in [0.25, 0.3) is 15.4 Å². The zero-order valence-corrected chi connectivity index (χ0v) is 23.6. The molecule has 2 aliphatic heterocycles. The van der Waals surface area contributed by atoms with Crippen LogP contribution in [0.15, 0.2) is 59.0 Å². The number of amides is 2. The summed E-state index contributed by atoms with van der Waals surface area (Å²) in [5.74, 6) is -0.231. The van der Waals surface area contributed by atoms with Crippen molar-refractivity contribution in [1.82, 2.24) is 20.2 Å². The maximum Gasteiger partial charge on any atom is 0.255 e. The molecular formula is C30H32N6O3S. The number of rotatable bonds is 7. The number of hydrogen-bond acceptors (Lipinski definition) is 6. The number of likely N-dealkylation sites (tertiary alicyclic amines) is 1. The maximum atomic E-state index is 14.0. The van der Waals surface area contributed by atoms with E-state index in [-0.39, 0.29) is 30.7 Å². The molecule has 2 aliphatic rings. The molecule has 0 aliphatic carbocycles. The fourth-order valence-electron chi connectivity index (χ4n) is 5.56. The Morgan fingerprint density at radius 3 is 2.65 bits per heavy atom. The average Bonchev–Trinajstić information content (AvgIpc) is 3.64. The van der Waals surface area contributed by atoms with E-state index in [0.29, 0.717) is 24.5 Å². The molecule has 0 radical (unpaired) electrons. The number of amidine groups is 1. The molecule has 5 rings (SSSR count). The van der Waals surface area contributed by atoms with E-state index in [1.165, 1.54) is 0 Å². The zero-order valence-electron chi connectivity index (χ0n) is 22.7. The van der Waals surface area contributed by atoms with Crippen LogP contribution in [0.1, 0.15) is 47.4 Å². The van der Waals surface area contributed by atoms with E-state index in [1.807, 2.05) is 68.7 Å². The summed E-state index contributed by atoms with van der Waals surface area (Å²) in [6.45, 7) is 14.0. The Hall–Kier alpha value is -4.07. The van der Waals surface area contributed by atoms with Crippen LogP contribution in [0.5, 0.6) is 0 Å². The molecule has 2 N–H and O–H groups in total. The van der Waals surface area contributed by atoms with E-state index < -0.39 is 18.2 Å². The van der Waals surface area contributed by atoms with Crippen molar-refractivity contribution in [2.75, 3.05) is 6.54 Å². The van der Waals surface area contributed by atoms with E-state index >= 15 is 0 Å². The molecule has 9 nitrogen and oxygen atoms in total. The highest BCUT2D eigenvalue weighted by Gasteiger charge is 2.45. The Bertz CT molecular complexity index is 1480. The number of hydrogen-bond donors (Lipinski definition) is 2. The van der Waals surface area contributed by atoms with Gasteiger partial charge in [0.25, 0.3) is 5.91 Å². The number of fused-ring (bicyclic) bond motifs is 1. The summed E-state index contributed by atoms with van der Waals surface area (Å²) >= 11 is 1.60. The predicted molar refractivity (Wildman–Crippen MR) is 154 cm³/mol. The molecule has 40 heavy (non-hydrogen) atoms. The van der Waals surface area contributed by atoms with Crippen LogP contribution in [0.2, 0.25) is 0 Å². The summed E-state index contributed by atoms with van der Waals surface area (Å²) in [5, 5.41) is 10.6. The fraction of sp³-hybridized carbons (Fsp3) is 0.367. The van der Waals surface area contributed by atoms with Gasteiger partial charge in [0.05, 0.1) is 34.8 Å². The number of aliphatic hydroxyl groups is 1. The smallest absolute Gasteiger partial charge is 0.255 e. The summed E-state index contributed by atoms with van der Waals surface area (Å²) < 4.78 is 0. The van der Waals surface area contributed by atoms with Gasteiger partial charge >= 0.3 is 0 Å². The number of aryl methyl sites for hydroxylation is 1. The lowest BCUT2D eigenvalue weighted by atomic mass is 10.00. The van der Waals surface area contributed by atoms with Crippen molar-refractivity contribution in [3.8, 4) is 10.4 Å². The third-order valence-electron chi connectivity index (χ3n) is 7.51. The molecule has 0 spiro atoms. The molecule has 2 aromatic carbocycles. The zero-order chi connectivity index (χ0) is 28.4. The van der Waals surface area contributed by atoms with Gasteiger partial charge in [0, 0.05) is 25.1 Å². The van der Waals surface area contributed by atoms with Crippen LogP contribution in [-0.2, 0) is 17.9 Å². The Morgan fingerprint density at radius 1 is 1.25 bits per heavy atom. The second-order valence-corrected chi connectivity index (χ2v) is 11.4. The van der Waals surface area contributed by atoms with Crippen molar-refractivity contribution in [1.29, 1.82) is 0 Å². The quantitative estimate of drug-likeness (QED) is 0.198. The number of nitrogens with zero attached hydrogens (tertiary/aromatic N) is 5. The van der Waals surface area contributed by atoms with E-state index in [0.717, 1.165) is 27.3 Å². The van der Waals surface area contributed by atoms with Gasteiger partial charge in [0.2, 0.25) is 5.91 Å². The number of aromatic nitrogens is 1. The van der Waals surface area contributed by atoms with E-state index in [9.17, 15) is 14.7 Å². The molecule has 3 aromatic rings. The summed E-state index contributed by atoms with van der Waals surface area (Å²) in [7, 11) is 0. The Morgan fingerprint density at radius 2 is 2.00 bits per heavy atom. The molecule has 10 heteroatoms. The van der Waals surface area contributed by atoms with Gasteiger partial charge in [-0.2, -0.15) is 11.5 Å². The lowest BCUT2D eigenvalue weighted by Crippen LogP contribution is -2.55. The first kappa shape index (κ1) is 27.5. The molecule has 0 bridgehead atoms. The van der Waals surface area contributed by atoms with E-state index in [2.05, 4.69) is 20.4 Å². The van der Waals surface area contributed by atoms with Crippen LogP contribution in [0, 0.1) is 19.4 Å². The first-order chi connectivity index (χ1) is 19.3. The third kappa shape index (κ3) is 5.35. The predicted octanol–water partition coefficient (Wildman–Crippen LogP) is 4.08. The second-order valence-electron chi connectivity index (χ2n) is 10.6. The van der Waals surface area contributed by atoms with E-state index in [1.54, 1.807) is 27.2 Å². The van der Waals surface area contributed by atoms with Gasteiger partial charge < -0.3 is 14.9 Å². The number of aliphatic hydroxyl groups excluding tert-OH is 1. The number of aliphatic imine (C=N–C) groups is 1. The molecule has 1 aromatic heterocycles. The molecule has 3 atom stereocenters. The minimum Gasteiger partial charge on any atom is -0.391 e. The lowest BCUT2D eigenvalue weighted by Gasteiger charge is -2.35. The summed E-state index contributed by atoms with van der Waals surface area (Å²) in [5.41, 5.74) is 9.02. The molecule has 3 heterocycles. The van der Waals surface area contributed by atoms with Gasteiger partial charge in [-0.25, -0.2) is 4.98 Å². The summed E-state index contributed by atoms with van der Waals surface area (Å²) in [6, 6.07) is 14.2. The van der Waals surface area contributed by atoms with Crippen molar-refractivity contribution in [2.24, 2.45) is 10.9 Å². The molecule has 0 saturated carbocycles. The van der Waals surface area contributed by atoms with Gasteiger partial charge in [-0.15, -0.1) is 11.3 Å². The lowest BCUT2D eigenvalue weighted by molar-refractivity contribution is -0.138. The van der Waals surface area contributed by atoms with Gasteiger partial charge in [-0.05, 0) is 35.6 Å². The van der Waals surface area contributed by atoms with Crippen molar-refractivity contribution in [2.45, 2.75) is 58.5 Å². The Balaban J connectivity index is 1.37. The minimum absolute atomic E-state index is 0.114. The van der Waals surface area contributed by atoms with Crippen LogP contribution in [-0.4, -0.2) is 62.3 Å². The summed E-state index contributed by atoms with van der Waals surface area (Å²) in [4.78, 5) is 44.0. The van der Waals surface area contributed by atoms with Gasteiger partial charge in [-0.3, -0.25) is 14.6 Å². The first-order valence-corrected chi connectivity index (χ1v) is 14.2. The van der Waals surface area contributed by atoms with E-state index in [4.69, 9.17) is 6.57 Å². The molecule has 1 unspecified atom stereocenters. The van der Waals surface area contributed by atoms with Crippen LogP contribution in [0.3, 0.4) is 0 Å². The average molecular weight is 557 g/mol. The van der Waals surface area contributed by atoms with Crippen molar-refractivity contribution >= 4 is 29.0 Å². The van der Waals surface area contributed by atoms with Crippen molar-refractivity contribution < 1.29 is 14.7 Å².